The highest BCUT2D eigenvalue weighted by Crippen LogP contribution is 2.14. The summed E-state index contributed by atoms with van der Waals surface area (Å²) in [6, 6.07) is 6.75. The fourth-order valence-electron chi connectivity index (χ4n) is 2.36. The van der Waals surface area contributed by atoms with Crippen LogP contribution in [0.2, 0.25) is 0 Å². The van der Waals surface area contributed by atoms with Crippen LogP contribution in [0.4, 0.5) is 0 Å². The Morgan fingerprint density at radius 2 is 1.28 bits per heavy atom. The average Bonchev–Trinajstić information content (AvgIpc) is 2.69. The van der Waals surface area contributed by atoms with Gasteiger partial charge in [-0.05, 0) is 19.1 Å². The second-order valence-electron chi connectivity index (χ2n) is 6.30. The molecule has 1 aromatic carbocycles. The van der Waals surface area contributed by atoms with Gasteiger partial charge in [-0.15, -0.1) is 3.77 Å². The molecule has 0 bridgehead atoms. The SMILES string of the molecule is Cc1ccc(S(=O)(=O)N=S2CCOCCOCCSCCOCCOCC2)cc1. The Bertz CT molecular complexity index is 689. The first-order valence-electron chi connectivity index (χ1n) is 9.69. The molecule has 166 valence electrons. The molecule has 7 nitrogen and oxygen atoms in total. The Labute approximate surface area is 181 Å². The predicted molar refractivity (Wildman–Crippen MR) is 118 cm³/mol. The first kappa shape index (κ1) is 24.8. The van der Waals surface area contributed by atoms with Crippen molar-refractivity contribution in [2.45, 2.75) is 11.8 Å². The summed E-state index contributed by atoms with van der Waals surface area (Å²) < 4.78 is 51.8. The van der Waals surface area contributed by atoms with Crippen LogP contribution >= 0.6 is 11.8 Å². The molecule has 10 heteroatoms. The maximum Gasteiger partial charge on any atom is 0.287 e. The fourth-order valence-corrected chi connectivity index (χ4v) is 6.39. The summed E-state index contributed by atoms with van der Waals surface area (Å²) in [5.74, 6) is 2.94. The minimum absolute atomic E-state index is 0.219. The van der Waals surface area contributed by atoms with Crippen molar-refractivity contribution < 1.29 is 27.4 Å². The second-order valence-corrected chi connectivity index (χ2v) is 11.3. The summed E-state index contributed by atoms with van der Waals surface area (Å²) in [4.78, 5) is 0.219. The van der Waals surface area contributed by atoms with Crippen LogP contribution in [0, 0.1) is 6.92 Å². The molecule has 0 saturated carbocycles. The number of ether oxygens (including phenoxy) is 4. The third-order valence-corrected chi connectivity index (χ3v) is 8.62. The van der Waals surface area contributed by atoms with Gasteiger partial charge in [0.1, 0.15) is 0 Å². The number of thioether (sulfide) groups is 1. The molecule has 1 aromatic rings. The van der Waals surface area contributed by atoms with E-state index in [0.717, 1.165) is 17.1 Å². The van der Waals surface area contributed by atoms with Gasteiger partial charge in [0.15, 0.2) is 0 Å². The van der Waals surface area contributed by atoms with Gasteiger partial charge in [-0.3, -0.25) is 0 Å². The van der Waals surface area contributed by atoms with Crippen molar-refractivity contribution in [3.8, 4) is 0 Å². The molecule has 1 saturated heterocycles. The van der Waals surface area contributed by atoms with Gasteiger partial charge in [0.05, 0.1) is 57.8 Å². The van der Waals surface area contributed by atoms with Gasteiger partial charge in [-0.1, -0.05) is 28.4 Å². The molecule has 0 aromatic heterocycles. The molecule has 0 amide bonds. The minimum atomic E-state index is -3.70. The van der Waals surface area contributed by atoms with E-state index in [0.29, 0.717) is 64.4 Å². The average molecular weight is 466 g/mol. The van der Waals surface area contributed by atoms with Crippen molar-refractivity contribution in [3.63, 3.8) is 0 Å². The molecule has 1 aliphatic heterocycles. The smallest absolute Gasteiger partial charge is 0.287 e. The van der Waals surface area contributed by atoms with E-state index in [1.54, 1.807) is 36.0 Å². The highest BCUT2D eigenvalue weighted by molar-refractivity contribution is 8.00. The van der Waals surface area contributed by atoms with Gasteiger partial charge in [0.25, 0.3) is 10.0 Å². The molecule has 0 atom stereocenters. The standard InChI is InChI=1S/C19H31NO6S3/c1-18-2-4-19(5-3-18)29(21,22)20-28-16-12-25-8-6-23-10-14-27-15-11-24-7-9-26-13-17-28/h2-5H,6-17H2,1H3. The molecular weight excluding hydrogens is 434 g/mol. The summed E-state index contributed by atoms with van der Waals surface area (Å²) in [7, 11) is -4.40. The van der Waals surface area contributed by atoms with Crippen LogP contribution in [-0.4, -0.2) is 84.3 Å². The van der Waals surface area contributed by atoms with Crippen LogP contribution in [0.3, 0.4) is 0 Å². The largest absolute Gasteiger partial charge is 0.378 e. The number of sulfonamides is 1. The molecule has 0 aliphatic carbocycles. The lowest BCUT2D eigenvalue weighted by Gasteiger charge is -2.11. The lowest BCUT2D eigenvalue weighted by atomic mass is 10.2. The van der Waals surface area contributed by atoms with Gasteiger partial charge in [0, 0.05) is 23.0 Å². The fraction of sp³-hybridized carbons (Fsp3) is 0.684. The number of nitrogens with zero attached hydrogens (tertiary/aromatic N) is 1. The van der Waals surface area contributed by atoms with Crippen molar-refractivity contribution in [1.29, 1.82) is 0 Å². The van der Waals surface area contributed by atoms with E-state index in [1.807, 2.05) is 6.92 Å². The zero-order valence-corrected chi connectivity index (χ0v) is 19.4. The van der Waals surface area contributed by atoms with Crippen LogP contribution < -0.4 is 0 Å². The highest BCUT2D eigenvalue weighted by Gasteiger charge is 2.14. The molecule has 1 heterocycles. The Balaban J connectivity index is 1.96. The monoisotopic (exact) mass is 465 g/mol. The van der Waals surface area contributed by atoms with Crippen molar-refractivity contribution in [3.05, 3.63) is 29.8 Å². The molecular formula is C19H31NO6S3. The van der Waals surface area contributed by atoms with Gasteiger partial charge >= 0.3 is 0 Å². The summed E-state index contributed by atoms with van der Waals surface area (Å²) in [6.07, 6.45) is 0. The zero-order chi connectivity index (χ0) is 20.8. The molecule has 29 heavy (non-hydrogen) atoms. The predicted octanol–water partition coefficient (Wildman–Crippen LogP) is 2.30. The maximum absolute atomic E-state index is 12.7. The van der Waals surface area contributed by atoms with Gasteiger partial charge < -0.3 is 18.9 Å². The maximum atomic E-state index is 12.7. The Morgan fingerprint density at radius 1 is 0.793 bits per heavy atom. The Morgan fingerprint density at radius 3 is 1.79 bits per heavy atom. The van der Waals surface area contributed by atoms with E-state index in [9.17, 15) is 8.42 Å². The lowest BCUT2D eigenvalue weighted by molar-refractivity contribution is 0.0579. The molecule has 0 unspecified atom stereocenters. The van der Waals surface area contributed by atoms with Crippen molar-refractivity contribution in [1.82, 2.24) is 0 Å². The van der Waals surface area contributed by atoms with Crippen molar-refractivity contribution >= 4 is 32.5 Å². The first-order chi connectivity index (χ1) is 14.1. The van der Waals surface area contributed by atoms with Crippen molar-refractivity contribution in [2.75, 3.05) is 75.9 Å². The normalized spacial score (nSPS) is 20.4. The lowest BCUT2D eigenvalue weighted by Crippen LogP contribution is -2.17. The van der Waals surface area contributed by atoms with Crippen molar-refractivity contribution in [2.24, 2.45) is 3.77 Å². The van der Waals surface area contributed by atoms with Crippen LogP contribution in [0.5, 0.6) is 0 Å². The van der Waals surface area contributed by atoms with E-state index in [1.165, 1.54) is 0 Å². The molecule has 0 N–H and O–H groups in total. The highest BCUT2D eigenvalue weighted by atomic mass is 32.3. The first-order valence-corrected chi connectivity index (χ1v) is 13.8. The summed E-state index contributed by atoms with van der Waals surface area (Å²) >= 11 is 1.80. The number of benzene rings is 1. The molecule has 0 radical (unpaired) electrons. The molecule has 2 rings (SSSR count). The summed E-state index contributed by atoms with van der Waals surface area (Å²) in [5.41, 5.74) is 1.01. The Hall–Kier alpha value is -0.490. The number of hydrogen-bond acceptors (Lipinski definition) is 7. The molecule has 0 spiro atoms. The van der Waals surface area contributed by atoms with Gasteiger partial charge in [0.2, 0.25) is 0 Å². The van der Waals surface area contributed by atoms with E-state index >= 15 is 0 Å². The topological polar surface area (TPSA) is 83.4 Å². The number of aryl methyl sites for hydroxylation is 1. The summed E-state index contributed by atoms with van der Waals surface area (Å²) in [5, 5.41) is 0. The van der Waals surface area contributed by atoms with Crippen LogP contribution in [0.1, 0.15) is 5.56 Å². The van der Waals surface area contributed by atoms with E-state index in [-0.39, 0.29) is 4.90 Å². The van der Waals surface area contributed by atoms with Gasteiger partial charge in [-0.25, -0.2) is 0 Å². The summed E-state index contributed by atoms with van der Waals surface area (Å²) in [6.45, 7) is 6.23. The quantitative estimate of drug-likeness (QED) is 0.663. The van der Waals surface area contributed by atoms with Crippen LogP contribution in [0.25, 0.3) is 0 Å². The van der Waals surface area contributed by atoms with E-state index in [2.05, 4.69) is 3.77 Å². The number of hydrogen-bond donors (Lipinski definition) is 0. The zero-order valence-electron chi connectivity index (χ0n) is 16.9. The van der Waals surface area contributed by atoms with Gasteiger partial charge in [-0.2, -0.15) is 20.2 Å². The Kier molecular flexibility index (Phi) is 12.4. The number of rotatable bonds is 2. The molecule has 1 aliphatic rings. The van der Waals surface area contributed by atoms with E-state index < -0.39 is 20.7 Å². The second kappa shape index (κ2) is 14.5. The molecule has 1 fully saturated rings. The third-order valence-electron chi connectivity index (χ3n) is 3.94. The van der Waals surface area contributed by atoms with Crippen LogP contribution in [0.15, 0.2) is 32.9 Å². The van der Waals surface area contributed by atoms with Crippen LogP contribution in [-0.2, 0) is 39.7 Å². The minimum Gasteiger partial charge on any atom is -0.378 e. The third kappa shape index (κ3) is 10.9. The van der Waals surface area contributed by atoms with E-state index in [4.69, 9.17) is 18.9 Å².